The van der Waals surface area contributed by atoms with Gasteiger partial charge in [-0.2, -0.15) is 0 Å². The molecule has 122 valence electrons. The summed E-state index contributed by atoms with van der Waals surface area (Å²) in [6, 6.07) is 5.23. The molecule has 0 aliphatic carbocycles. The molecule has 1 aromatic carbocycles. The van der Waals surface area contributed by atoms with Gasteiger partial charge in [-0.1, -0.05) is 12.5 Å². The van der Waals surface area contributed by atoms with Crippen LogP contribution in [0.4, 0.5) is 5.69 Å². The Balaban J connectivity index is 0.00000242. The Hall–Kier alpha value is -1.59. The molecule has 0 aromatic heterocycles. The van der Waals surface area contributed by atoms with Crippen LogP contribution in [0.25, 0.3) is 0 Å². The van der Waals surface area contributed by atoms with Crippen molar-refractivity contribution in [1.82, 2.24) is 10.6 Å². The standard InChI is InChI=1S/C16H23N3O2.ClH/c1-3-17-15(20)12-8-7-11(2)14(10-12)19-16(21)13-6-4-5-9-18-13;/h7-8,10,13,18H,3-6,9H2,1-2H3,(H,17,20)(H,19,21);1H. The monoisotopic (exact) mass is 325 g/mol. The summed E-state index contributed by atoms with van der Waals surface area (Å²) in [5, 5.41) is 8.92. The summed E-state index contributed by atoms with van der Waals surface area (Å²) in [5.41, 5.74) is 2.22. The largest absolute Gasteiger partial charge is 0.352 e. The van der Waals surface area contributed by atoms with Gasteiger partial charge in [-0.25, -0.2) is 0 Å². The van der Waals surface area contributed by atoms with Crippen LogP contribution in [0.15, 0.2) is 18.2 Å². The fourth-order valence-electron chi connectivity index (χ4n) is 2.46. The van der Waals surface area contributed by atoms with Crippen molar-refractivity contribution >= 4 is 29.9 Å². The first-order valence-corrected chi connectivity index (χ1v) is 7.55. The number of rotatable bonds is 4. The number of carbonyl (C=O) groups excluding carboxylic acids is 2. The number of nitrogens with one attached hydrogen (secondary N) is 3. The highest BCUT2D eigenvalue weighted by atomic mass is 35.5. The first-order valence-electron chi connectivity index (χ1n) is 7.55. The summed E-state index contributed by atoms with van der Waals surface area (Å²) < 4.78 is 0. The molecule has 0 spiro atoms. The molecule has 5 nitrogen and oxygen atoms in total. The fourth-order valence-corrected chi connectivity index (χ4v) is 2.46. The van der Waals surface area contributed by atoms with E-state index in [9.17, 15) is 9.59 Å². The van der Waals surface area contributed by atoms with Gasteiger partial charge in [-0.3, -0.25) is 9.59 Å². The molecule has 0 saturated carbocycles. The Morgan fingerprint density at radius 2 is 2.09 bits per heavy atom. The van der Waals surface area contributed by atoms with Crippen molar-refractivity contribution in [1.29, 1.82) is 0 Å². The van der Waals surface area contributed by atoms with E-state index in [0.29, 0.717) is 17.8 Å². The van der Waals surface area contributed by atoms with Gasteiger partial charge >= 0.3 is 0 Å². The zero-order valence-corrected chi connectivity index (χ0v) is 13.9. The first kappa shape index (κ1) is 18.5. The van der Waals surface area contributed by atoms with Crippen molar-refractivity contribution in [2.75, 3.05) is 18.4 Å². The Kier molecular flexibility index (Phi) is 7.35. The maximum absolute atomic E-state index is 12.3. The summed E-state index contributed by atoms with van der Waals surface area (Å²) in [6.45, 7) is 5.27. The summed E-state index contributed by atoms with van der Waals surface area (Å²) >= 11 is 0. The van der Waals surface area contributed by atoms with Gasteiger partial charge in [-0.15, -0.1) is 12.4 Å². The SMILES string of the molecule is CCNC(=O)c1ccc(C)c(NC(=O)C2CCCCN2)c1.Cl. The molecule has 0 radical (unpaired) electrons. The molecule has 2 amide bonds. The number of anilines is 1. The van der Waals surface area contributed by atoms with Crippen LogP contribution >= 0.6 is 12.4 Å². The Labute approximate surface area is 137 Å². The van der Waals surface area contributed by atoms with Gasteiger partial charge in [-0.05, 0) is 50.9 Å². The van der Waals surface area contributed by atoms with Gasteiger partial charge < -0.3 is 16.0 Å². The van der Waals surface area contributed by atoms with Crippen LogP contribution in [0.2, 0.25) is 0 Å². The van der Waals surface area contributed by atoms with E-state index in [-0.39, 0.29) is 30.3 Å². The molecule has 1 atom stereocenters. The lowest BCUT2D eigenvalue weighted by Gasteiger charge is -2.23. The highest BCUT2D eigenvalue weighted by molar-refractivity contribution is 5.99. The molecule has 3 N–H and O–H groups in total. The van der Waals surface area contributed by atoms with E-state index in [1.54, 1.807) is 12.1 Å². The van der Waals surface area contributed by atoms with E-state index in [1.165, 1.54) is 0 Å². The van der Waals surface area contributed by atoms with Crippen LogP contribution in [-0.4, -0.2) is 30.9 Å². The summed E-state index contributed by atoms with van der Waals surface area (Å²) in [4.78, 5) is 24.1. The topological polar surface area (TPSA) is 70.2 Å². The number of benzene rings is 1. The molecule has 1 fully saturated rings. The van der Waals surface area contributed by atoms with Gasteiger partial charge in [0, 0.05) is 17.8 Å². The minimum absolute atomic E-state index is 0. The Morgan fingerprint density at radius 3 is 2.73 bits per heavy atom. The molecular formula is C16H24ClN3O2. The summed E-state index contributed by atoms with van der Waals surface area (Å²) in [5.74, 6) is -0.144. The lowest BCUT2D eigenvalue weighted by Crippen LogP contribution is -2.43. The van der Waals surface area contributed by atoms with E-state index in [2.05, 4.69) is 16.0 Å². The normalized spacial score (nSPS) is 17.3. The van der Waals surface area contributed by atoms with Crippen LogP contribution in [-0.2, 0) is 4.79 Å². The molecule has 1 unspecified atom stereocenters. The lowest BCUT2D eigenvalue weighted by molar-refractivity contribution is -0.118. The third-order valence-electron chi connectivity index (χ3n) is 3.72. The number of halogens is 1. The van der Waals surface area contributed by atoms with E-state index in [0.717, 1.165) is 31.4 Å². The highest BCUT2D eigenvalue weighted by Crippen LogP contribution is 2.18. The number of amides is 2. The minimum atomic E-state index is -0.133. The molecule has 1 aromatic rings. The van der Waals surface area contributed by atoms with E-state index >= 15 is 0 Å². The van der Waals surface area contributed by atoms with E-state index in [1.807, 2.05) is 19.9 Å². The zero-order valence-electron chi connectivity index (χ0n) is 13.1. The maximum Gasteiger partial charge on any atom is 0.251 e. The quantitative estimate of drug-likeness (QED) is 0.795. The Morgan fingerprint density at radius 1 is 1.32 bits per heavy atom. The van der Waals surface area contributed by atoms with Crippen molar-refractivity contribution in [3.05, 3.63) is 29.3 Å². The summed E-state index contributed by atoms with van der Waals surface area (Å²) in [7, 11) is 0. The van der Waals surface area contributed by atoms with Gasteiger partial charge in [0.2, 0.25) is 5.91 Å². The van der Waals surface area contributed by atoms with Crippen molar-refractivity contribution in [3.8, 4) is 0 Å². The van der Waals surface area contributed by atoms with Crippen LogP contribution < -0.4 is 16.0 Å². The number of carbonyl (C=O) groups is 2. The van der Waals surface area contributed by atoms with Crippen LogP contribution in [0.3, 0.4) is 0 Å². The summed E-state index contributed by atoms with van der Waals surface area (Å²) in [6.07, 6.45) is 3.05. The van der Waals surface area contributed by atoms with Crippen molar-refractivity contribution < 1.29 is 9.59 Å². The molecule has 1 aliphatic heterocycles. The maximum atomic E-state index is 12.3. The molecule has 22 heavy (non-hydrogen) atoms. The third kappa shape index (κ3) is 4.71. The molecule has 2 rings (SSSR count). The molecule has 0 bridgehead atoms. The zero-order chi connectivity index (χ0) is 15.2. The molecular weight excluding hydrogens is 302 g/mol. The first-order chi connectivity index (χ1) is 10.1. The number of piperidine rings is 1. The average molecular weight is 326 g/mol. The predicted octanol–water partition coefficient (Wildman–Crippen LogP) is 2.25. The van der Waals surface area contributed by atoms with Gasteiger partial charge in [0.1, 0.15) is 0 Å². The van der Waals surface area contributed by atoms with Crippen LogP contribution in [0, 0.1) is 6.92 Å². The molecule has 1 aliphatic rings. The van der Waals surface area contributed by atoms with Crippen molar-refractivity contribution in [2.45, 2.75) is 39.2 Å². The molecule has 1 saturated heterocycles. The highest BCUT2D eigenvalue weighted by Gasteiger charge is 2.21. The van der Waals surface area contributed by atoms with Gasteiger partial charge in [0.15, 0.2) is 0 Å². The van der Waals surface area contributed by atoms with Crippen molar-refractivity contribution in [2.24, 2.45) is 0 Å². The average Bonchev–Trinajstić information content (AvgIpc) is 2.50. The van der Waals surface area contributed by atoms with Crippen LogP contribution in [0.1, 0.15) is 42.1 Å². The number of hydrogen-bond acceptors (Lipinski definition) is 3. The fraction of sp³-hybridized carbons (Fsp3) is 0.500. The second kappa shape index (κ2) is 8.76. The molecule has 1 heterocycles. The van der Waals surface area contributed by atoms with Crippen LogP contribution in [0.5, 0.6) is 0 Å². The van der Waals surface area contributed by atoms with Gasteiger partial charge in [0.05, 0.1) is 6.04 Å². The third-order valence-corrected chi connectivity index (χ3v) is 3.72. The smallest absolute Gasteiger partial charge is 0.251 e. The number of hydrogen-bond donors (Lipinski definition) is 3. The second-order valence-corrected chi connectivity index (χ2v) is 5.38. The molecule has 6 heteroatoms. The van der Waals surface area contributed by atoms with Crippen molar-refractivity contribution in [3.63, 3.8) is 0 Å². The van der Waals surface area contributed by atoms with E-state index in [4.69, 9.17) is 0 Å². The second-order valence-electron chi connectivity index (χ2n) is 5.38. The lowest BCUT2D eigenvalue weighted by atomic mass is 10.0. The Bertz CT molecular complexity index is 528. The predicted molar refractivity (Wildman–Crippen MR) is 90.7 cm³/mol. The number of aryl methyl sites for hydroxylation is 1. The van der Waals surface area contributed by atoms with E-state index < -0.39 is 0 Å². The van der Waals surface area contributed by atoms with Gasteiger partial charge in [0.25, 0.3) is 5.91 Å². The minimum Gasteiger partial charge on any atom is -0.352 e.